The summed E-state index contributed by atoms with van der Waals surface area (Å²) in [5.41, 5.74) is 0.467. The molecule has 0 bridgehead atoms. The van der Waals surface area contributed by atoms with Crippen LogP contribution in [0.2, 0.25) is 10.0 Å². The topological polar surface area (TPSA) is 41.1 Å². The Hall–Kier alpha value is -0.770. The van der Waals surface area contributed by atoms with E-state index < -0.39 is 0 Å². The van der Waals surface area contributed by atoms with Gasteiger partial charge in [0.1, 0.15) is 0 Å². The first-order valence-corrected chi connectivity index (χ1v) is 7.12. The van der Waals surface area contributed by atoms with Gasteiger partial charge in [0.25, 0.3) is 0 Å². The molecular formula is C14H20Cl2N2O. The number of carbonyl (C=O) groups is 1. The minimum absolute atomic E-state index is 0.147. The zero-order chi connectivity index (χ0) is 14.4. The van der Waals surface area contributed by atoms with Crippen molar-refractivity contribution in [3.8, 4) is 0 Å². The van der Waals surface area contributed by atoms with Crippen LogP contribution in [0.4, 0.5) is 5.69 Å². The smallest absolute Gasteiger partial charge is 0.238 e. The van der Waals surface area contributed by atoms with Gasteiger partial charge in [-0.1, -0.05) is 50.0 Å². The fraction of sp³-hybridized carbons (Fsp3) is 0.500. The van der Waals surface area contributed by atoms with E-state index in [0.29, 0.717) is 27.6 Å². The number of halogens is 2. The first-order chi connectivity index (χ1) is 8.91. The van der Waals surface area contributed by atoms with Crippen LogP contribution in [0.3, 0.4) is 0 Å². The molecule has 0 aliphatic carbocycles. The molecule has 0 aliphatic rings. The number of benzene rings is 1. The lowest BCUT2D eigenvalue weighted by atomic mass is 9.98. The average molecular weight is 303 g/mol. The van der Waals surface area contributed by atoms with E-state index in [0.717, 1.165) is 6.54 Å². The molecule has 19 heavy (non-hydrogen) atoms. The predicted octanol–water partition coefficient (Wildman–Crippen LogP) is 3.81. The van der Waals surface area contributed by atoms with E-state index in [4.69, 9.17) is 23.2 Å². The predicted molar refractivity (Wildman–Crippen MR) is 82.0 cm³/mol. The van der Waals surface area contributed by atoms with Gasteiger partial charge < -0.3 is 10.6 Å². The molecule has 0 saturated heterocycles. The van der Waals surface area contributed by atoms with Gasteiger partial charge in [0.05, 0.1) is 22.3 Å². The van der Waals surface area contributed by atoms with Crippen LogP contribution in [0.25, 0.3) is 0 Å². The fourth-order valence-corrected chi connectivity index (χ4v) is 1.94. The summed E-state index contributed by atoms with van der Waals surface area (Å²) in [6.45, 7) is 7.53. The molecule has 5 heteroatoms. The van der Waals surface area contributed by atoms with E-state index in [1.165, 1.54) is 0 Å². The van der Waals surface area contributed by atoms with Gasteiger partial charge in [0, 0.05) is 0 Å². The second-order valence-corrected chi connectivity index (χ2v) is 5.81. The van der Waals surface area contributed by atoms with Crippen LogP contribution >= 0.6 is 23.2 Å². The molecule has 0 heterocycles. The zero-order valence-electron chi connectivity index (χ0n) is 11.5. The summed E-state index contributed by atoms with van der Waals surface area (Å²) in [6, 6.07) is 5.12. The number of hydrogen-bond donors (Lipinski definition) is 2. The number of anilines is 1. The van der Waals surface area contributed by atoms with Crippen molar-refractivity contribution in [2.24, 2.45) is 11.8 Å². The summed E-state index contributed by atoms with van der Waals surface area (Å²) in [5, 5.41) is 6.73. The van der Waals surface area contributed by atoms with E-state index >= 15 is 0 Å². The maximum atomic E-state index is 11.8. The van der Waals surface area contributed by atoms with Crippen LogP contribution in [0.15, 0.2) is 18.2 Å². The molecule has 3 nitrogen and oxygen atoms in total. The highest BCUT2D eigenvalue weighted by Crippen LogP contribution is 2.29. The number of hydrogen-bond acceptors (Lipinski definition) is 2. The first-order valence-electron chi connectivity index (χ1n) is 6.36. The Balaban J connectivity index is 2.44. The molecule has 0 saturated carbocycles. The van der Waals surface area contributed by atoms with E-state index in [1.54, 1.807) is 18.2 Å². The fourth-order valence-electron chi connectivity index (χ4n) is 1.45. The molecule has 1 aromatic rings. The van der Waals surface area contributed by atoms with Crippen molar-refractivity contribution in [3.05, 3.63) is 28.2 Å². The molecule has 0 spiro atoms. The van der Waals surface area contributed by atoms with Crippen LogP contribution in [0.5, 0.6) is 0 Å². The molecule has 1 amide bonds. The summed E-state index contributed by atoms with van der Waals surface area (Å²) in [7, 11) is 0. The highest BCUT2D eigenvalue weighted by molar-refractivity contribution is 6.39. The molecule has 0 radical (unpaired) electrons. The number of amides is 1. The third-order valence-electron chi connectivity index (χ3n) is 3.12. The Morgan fingerprint density at radius 1 is 1.21 bits per heavy atom. The Bertz CT molecular complexity index is 415. The van der Waals surface area contributed by atoms with E-state index in [9.17, 15) is 4.79 Å². The lowest BCUT2D eigenvalue weighted by Crippen LogP contribution is -2.32. The number of nitrogens with one attached hydrogen (secondary N) is 2. The Morgan fingerprint density at radius 2 is 1.79 bits per heavy atom. The third kappa shape index (κ3) is 5.39. The van der Waals surface area contributed by atoms with Crippen molar-refractivity contribution >= 4 is 34.8 Å². The van der Waals surface area contributed by atoms with Gasteiger partial charge >= 0.3 is 0 Å². The largest absolute Gasteiger partial charge is 0.322 e. The van der Waals surface area contributed by atoms with Gasteiger partial charge in [-0.05, 0) is 30.5 Å². The Kier molecular flexibility index (Phi) is 6.63. The SMILES string of the molecule is CC(C)C(C)CNCC(=O)Nc1c(Cl)cccc1Cl. The lowest BCUT2D eigenvalue weighted by molar-refractivity contribution is -0.115. The van der Waals surface area contributed by atoms with Gasteiger partial charge in [-0.15, -0.1) is 0 Å². The number of rotatable bonds is 6. The zero-order valence-corrected chi connectivity index (χ0v) is 13.0. The van der Waals surface area contributed by atoms with Crippen molar-refractivity contribution in [2.45, 2.75) is 20.8 Å². The second kappa shape index (κ2) is 7.73. The van der Waals surface area contributed by atoms with Crippen molar-refractivity contribution < 1.29 is 4.79 Å². The second-order valence-electron chi connectivity index (χ2n) is 5.00. The highest BCUT2D eigenvalue weighted by atomic mass is 35.5. The van der Waals surface area contributed by atoms with Crippen molar-refractivity contribution in [1.82, 2.24) is 5.32 Å². The molecule has 0 fully saturated rings. The minimum Gasteiger partial charge on any atom is -0.322 e. The monoisotopic (exact) mass is 302 g/mol. The molecule has 1 unspecified atom stereocenters. The minimum atomic E-state index is -0.147. The third-order valence-corrected chi connectivity index (χ3v) is 3.75. The molecule has 1 atom stereocenters. The van der Waals surface area contributed by atoms with Gasteiger partial charge in [-0.3, -0.25) is 4.79 Å². The summed E-state index contributed by atoms with van der Waals surface area (Å²) in [6.07, 6.45) is 0. The number of para-hydroxylation sites is 1. The summed E-state index contributed by atoms with van der Waals surface area (Å²) in [5.74, 6) is 0.969. The summed E-state index contributed by atoms with van der Waals surface area (Å²) >= 11 is 12.0. The highest BCUT2D eigenvalue weighted by Gasteiger charge is 2.10. The summed E-state index contributed by atoms with van der Waals surface area (Å²) in [4.78, 5) is 11.8. The van der Waals surface area contributed by atoms with E-state index in [-0.39, 0.29) is 12.5 Å². The maximum absolute atomic E-state index is 11.8. The van der Waals surface area contributed by atoms with Gasteiger partial charge in [-0.2, -0.15) is 0 Å². The van der Waals surface area contributed by atoms with Crippen LogP contribution in [-0.2, 0) is 4.79 Å². The van der Waals surface area contributed by atoms with Crippen LogP contribution in [-0.4, -0.2) is 19.0 Å². The Morgan fingerprint density at radius 3 is 2.32 bits per heavy atom. The van der Waals surface area contributed by atoms with Crippen molar-refractivity contribution in [2.75, 3.05) is 18.4 Å². The average Bonchev–Trinajstić information content (AvgIpc) is 2.33. The normalized spacial score (nSPS) is 12.5. The molecule has 0 aromatic heterocycles. The summed E-state index contributed by atoms with van der Waals surface area (Å²) < 4.78 is 0. The molecular weight excluding hydrogens is 283 g/mol. The molecule has 2 N–H and O–H groups in total. The molecule has 1 rings (SSSR count). The molecule has 0 aliphatic heterocycles. The van der Waals surface area contributed by atoms with Gasteiger partial charge in [0.15, 0.2) is 0 Å². The van der Waals surface area contributed by atoms with Crippen LogP contribution in [0, 0.1) is 11.8 Å². The van der Waals surface area contributed by atoms with Gasteiger partial charge in [-0.25, -0.2) is 0 Å². The molecule has 1 aromatic carbocycles. The number of carbonyl (C=O) groups excluding carboxylic acids is 1. The quantitative estimate of drug-likeness (QED) is 0.839. The van der Waals surface area contributed by atoms with Crippen LogP contribution in [0.1, 0.15) is 20.8 Å². The van der Waals surface area contributed by atoms with Gasteiger partial charge in [0.2, 0.25) is 5.91 Å². The lowest BCUT2D eigenvalue weighted by Gasteiger charge is -2.16. The van der Waals surface area contributed by atoms with E-state index in [2.05, 4.69) is 31.4 Å². The molecule has 106 valence electrons. The van der Waals surface area contributed by atoms with Crippen molar-refractivity contribution in [1.29, 1.82) is 0 Å². The standard InChI is InChI=1S/C14H20Cl2N2O/c1-9(2)10(3)7-17-8-13(19)18-14-11(15)5-4-6-12(14)16/h4-6,9-10,17H,7-8H2,1-3H3,(H,18,19). The first kappa shape index (κ1) is 16.3. The van der Waals surface area contributed by atoms with Crippen LogP contribution < -0.4 is 10.6 Å². The maximum Gasteiger partial charge on any atom is 0.238 e. The van der Waals surface area contributed by atoms with Crippen molar-refractivity contribution in [3.63, 3.8) is 0 Å². The van der Waals surface area contributed by atoms with E-state index in [1.807, 2.05) is 0 Å². The Labute approximate surface area is 124 Å².